The molecule has 3 heterocycles. The summed E-state index contributed by atoms with van der Waals surface area (Å²) < 4.78 is 7.16. The molecule has 0 atom stereocenters. The summed E-state index contributed by atoms with van der Waals surface area (Å²) in [6.07, 6.45) is 3.97. The Morgan fingerprint density at radius 2 is 2.00 bits per heavy atom. The van der Waals surface area contributed by atoms with Crippen LogP contribution in [0.2, 0.25) is 0 Å². The molecule has 0 radical (unpaired) electrons. The molecule has 4 aromatic rings. The largest absolute Gasteiger partial charge is 0.467 e. The summed E-state index contributed by atoms with van der Waals surface area (Å²) >= 11 is 0. The average Bonchev–Trinajstić information content (AvgIpc) is 3.27. The number of aryl methyl sites for hydroxylation is 1. The van der Waals surface area contributed by atoms with Crippen molar-refractivity contribution in [2.45, 2.75) is 19.9 Å². The maximum absolute atomic E-state index is 5.41. The normalized spacial score (nSPS) is 11.0. The second kappa shape index (κ2) is 6.16. The fourth-order valence-corrected chi connectivity index (χ4v) is 2.76. The van der Waals surface area contributed by atoms with Crippen molar-refractivity contribution in [1.29, 1.82) is 0 Å². The highest BCUT2D eigenvalue weighted by Gasteiger charge is 2.15. The lowest BCUT2D eigenvalue weighted by atomic mass is 10.0. The third kappa shape index (κ3) is 2.74. The number of benzene rings is 1. The van der Waals surface area contributed by atoms with E-state index in [0.717, 1.165) is 29.3 Å². The Bertz CT molecular complexity index is 944. The van der Waals surface area contributed by atoms with Gasteiger partial charge in [0, 0.05) is 17.7 Å². The number of nitrogens with one attached hydrogen (secondary N) is 1. The molecule has 0 aliphatic heterocycles. The molecule has 4 rings (SSSR count). The van der Waals surface area contributed by atoms with Gasteiger partial charge in [0.1, 0.15) is 17.9 Å². The second-order valence-electron chi connectivity index (χ2n) is 5.59. The Morgan fingerprint density at radius 1 is 1.12 bits per heavy atom. The first-order valence-corrected chi connectivity index (χ1v) is 7.80. The van der Waals surface area contributed by atoms with Gasteiger partial charge in [-0.2, -0.15) is 14.6 Å². The molecule has 6 nitrogen and oxygen atoms in total. The number of aromatic nitrogens is 4. The fourth-order valence-electron chi connectivity index (χ4n) is 2.76. The summed E-state index contributed by atoms with van der Waals surface area (Å²) in [4.78, 5) is 8.77. The van der Waals surface area contributed by atoms with Crippen molar-refractivity contribution in [2.24, 2.45) is 0 Å². The predicted octanol–water partition coefficient (Wildman–Crippen LogP) is 3.23. The van der Waals surface area contributed by atoms with Crippen molar-refractivity contribution in [3.05, 3.63) is 77.6 Å². The molecule has 120 valence electrons. The van der Waals surface area contributed by atoms with Crippen LogP contribution in [0.5, 0.6) is 0 Å². The topological polar surface area (TPSA) is 68.2 Å². The summed E-state index contributed by atoms with van der Waals surface area (Å²) in [5, 5.41) is 7.74. The summed E-state index contributed by atoms with van der Waals surface area (Å²) in [7, 11) is 0. The molecular formula is C18H17N5O. The van der Waals surface area contributed by atoms with Crippen LogP contribution in [0, 0.1) is 6.92 Å². The van der Waals surface area contributed by atoms with Crippen molar-refractivity contribution in [2.75, 3.05) is 5.32 Å². The van der Waals surface area contributed by atoms with Crippen LogP contribution < -0.4 is 5.32 Å². The van der Waals surface area contributed by atoms with Crippen LogP contribution in [0.1, 0.15) is 22.6 Å². The first-order valence-electron chi connectivity index (χ1n) is 7.80. The maximum atomic E-state index is 5.41. The summed E-state index contributed by atoms with van der Waals surface area (Å²) in [6, 6.07) is 14.2. The van der Waals surface area contributed by atoms with E-state index in [-0.39, 0.29) is 0 Å². The Balaban J connectivity index is 1.75. The van der Waals surface area contributed by atoms with Gasteiger partial charge in [0.15, 0.2) is 0 Å². The van der Waals surface area contributed by atoms with E-state index in [4.69, 9.17) is 4.42 Å². The lowest BCUT2D eigenvalue weighted by Gasteiger charge is -2.15. The van der Waals surface area contributed by atoms with Gasteiger partial charge in [-0.25, -0.2) is 4.98 Å². The molecule has 0 aliphatic rings. The highest BCUT2D eigenvalue weighted by atomic mass is 16.3. The molecule has 0 bridgehead atoms. The second-order valence-corrected chi connectivity index (χ2v) is 5.59. The van der Waals surface area contributed by atoms with Crippen molar-refractivity contribution in [3.63, 3.8) is 0 Å². The van der Waals surface area contributed by atoms with E-state index in [1.165, 1.54) is 11.9 Å². The molecule has 0 fully saturated rings. The monoisotopic (exact) mass is 319 g/mol. The molecule has 6 heteroatoms. The average molecular weight is 319 g/mol. The smallest absolute Gasteiger partial charge is 0.254 e. The molecule has 0 aliphatic carbocycles. The number of furan rings is 1. The van der Waals surface area contributed by atoms with Crippen molar-refractivity contribution >= 4 is 11.6 Å². The van der Waals surface area contributed by atoms with Gasteiger partial charge in [0.05, 0.1) is 12.8 Å². The number of hydrogen-bond donors (Lipinski definition) is 1. The molecule has 0 unspecified atom stereocenters. The fraction of sp³-hybridized carbons (Fsp3) is 0.167. The van der Waals surface area contributed by atoms with Crippen LogP contribution in [0.4, 0.5) is 5.82 Å². The SMILES string of the molecule is Cc1nc2ncnn2c(NCc2ccco2)c1Cc1ccccc1. The highest BCUT2D eigenvalue weighted by molar-refractivity contribution is 5.54. The van der Waals surface area contributed by atoms with E-state index < -0.39 is 0 Å². The Morgan fingerprint density at radius 3 is 2.79 bits per heavy atom. The minimum Gasteiger partial charge on any atom is -0.467 e. The third-order valence-corrected chi connectivity index (χ3v) is 3.97. The van der Waals surface area contributed by atoms with Gasteiger partial charge in [-0.05, 0) is 24.6 Å². The molecule has 0 amide bonds. The van der Waals surface area contributed by atoms with Crippen LogP contribution in [0.3, 0.4) is 0 Å². The molecule has 3 aromatic heterocycles. The zero-order valence-corrected chi connectivity index (χ0v) is 13.3. The van der Waals surface area contributed by atoms with Gasteiger partial charge >= 0.3 is 0 Å². The van der Waals surface area contributed by atoms with Crippen LogP contribution in [-0.4, -0.2) is 19.6 Å². The summed E-state index contributed by atoms with van der Waals surface area (Å²) in [5.74, 6) is 2.35. The molecule has 0 saturated heterocycles. The van der Waals surface area contributed by atoms with Gasteiger partial charge in [0.2, 0.25) is 0 Å². The van der Waals surface area contributed by atoms with E-state index in [2.05, 4.69) is 32.5 Å². The lowest BCUT2D eigenvalue weighted by molar-refractivity contribution is 0.517. The van der Waals surface area contributed by atoms with E-state index >= 15 is 0 Å². The van der Waals surface area contributed by atoms with Crippen molar-refractivity contribution in [3.8, 4) is 0 Å². The zero-order valence-electron chi connectivity index (χ0n) is 13.3. The van der Waals surface area contributed by atoms with Gasteiger partial charge < -0.3 is 9.73 Å². The maximum Gasteiger partial charge on any atom is 0.254 e. The summed E-state index contributed by atoms with van der Waals surface area (Å²) in [6.45, 7) is 2.58. The molecule has 24 heavy (non-hydrogen) atoms. The standard InChI is InChI=1S/C18H17N5O/c1-13-16(10-14-6-3-2-4-7-14)17(19-11-15-8-5-9-24-15)23-18(22-13)20-12-21-23/h2-9,12,19H,10-11H2,1H3. The van der Waals surface area contributed by atoms with E-state index in [0.29, 0.717) is 12.3 Å². The minimum absolute atomic E-state index is 0.577. The minimum atomic E-state index is 0.577. The van der Waals surface area contributed by atoms with E-state index in [1.54, 1.807) is 10.8 Å². The number of nitrogens with zero attached hydrogens (tertiary/aromatic N) is 4. The van der Waals surface area contributed by atoms with Gasteiger partial charge in [0.25, 0.3) is 5.78 Å². The first kappa shape index (κ1) is 14.4. The van der Waals surface area contributed by atoms with Crippen LogP contribution >= 0.6 is 0 Å². The third-order valence-electron chi connectivity index (χ3n) is 3.97. The van der Waals surface area contributed by atoms with Crippen LogP contribution in [0.25, 0.3) is 5.78 Å². The highest BCUT2D eigenvalue weighted by Crippen LogP contribution is 2.23. The van der Waals surface area contributed by atoms with Gasteiger partial charge in [-0.15, -0.1) is 0 Å². The molecule has 1 N–H and O–H groups in total. The first-order chi connectivity index (χ1) is 11.8. The molecular weight excluding hydrogens is 302 g/mol. The quantitative estimate of drug-likeness (QED) is 0.611. The predicted molar refractivity (Wildman–Crippen MR) is 90.8 cm³/mol. The Labute approximate surface area is 139 Å². The number of fused-ring (bicyclic) bond motifs is 1. The number of rotatable bonds is 5. The van der Waals surface area contributed by atoms with Gasteiger partial charge in [-0.1, -0.05) is 30.3 Å². The molecule has 0 saturated carbocycles. The van der Waals surface area contributed by atoms with Crippen molar-refractivity contribution in [1.82, 2.24) is 19.6 Å². The van der Waals surface area contributed by atoms with E-state index in [9.17, 15) is 0 Å². The Kier molecular flexibility index (Phi) is 3.70. The molecule has 1 aromatic carbocycles. The van der Waals surface area contributed by atoms with Crippen LogP contribution in [0.15, 0.2) is 59.5 Å². The number of anilines is 1. The zero-order chi connectivity index (χ0) is 16.4. The van der Waals surface area contributed by atoms with Crippen LogP contribution in [-0.2, 0) is 13.0 Å². The Hall–Kier alpha value is -3.15. The lowest BCUT2D eigenvalue weighted by Crippen LogP contribution is -2.12. The van der Waals surface area contributed by atoms with Crippen molar-refractivity contribution < 1.29 is 4.42 Å². The summed E-state index contributed by atoms with van der Waals surface area (Å²) in [5.41, 5.74) is 3.27. The number of hydrogen-bond acceptors (Lipinski definition) is 5. The molecule has 0 spiro atoms. The van der Waals surface area contributed by atoms with Gasteiger partial charge in [-0.3, -0.25) is 0 Å². The van der Waals surface area contributed by atoms with E-state index in [1.807, 2.05) is 37.3 Å².